The molecule has 0 bridgehead atoms. The van der Waals surface area contributed by atoms with E-state index in [4.69, 9.17) is 4.74 Å². The van der Waals surface area contributed by atoms with Crippen LogP contribution in [0.3, 0.4) is 0 Å². The summed E-state index contributed by atoms with van der Waals surface area (Å²) in [6.07, 6.45) is 1.11. The molecule has 0 fully saturated rings. The summed E-state index contributed by atoms with van der Waals surface area (Å²) in [5.41, 5.74) is 3.14. The van der Waals surface area contributed by atoms with Crippen LogP contribution in [0.4, 0.5) is 5.69 Å². The van der Waals surface area contributed by atoms with Crippen molar-refractivity contribution in [1.82, 2.24) is 5.32 Å². The molecule has 1 atom stereocenters. The Kier molecular flexibility index (Phi) is 6.49. The highest BCUT2D eigenvalue weighted by molar-refractivity contribution is 7.92. The van der Waals surface area contributed by atoms with Crippen LogP contribution in [-0.4, -0.2) is 34.2 Å². The van der Waals surface area contributed by atoms with Crippen LogP contribution in [0.5, 0.6) is 5.75 Å². The van der Waals surface area contributed by atoms with Crippen LogP contribution in [0.1, 0.15) is 29.7 Å². The molecular formula is C20H26N2O4S. The SMILES string of the molecule is COc1ccc([C@H](C)NC(=O)CN(c2cc(C)ccc2C)S(C)(=O)=O)cc1. The second kappa shape index (κ2) is 8.43. The first-order valence-electron chi connectivity index (χ1n) is 8.60. The standard InChI is InChI=1S/C20H26N2O4S/c1-14-6-7-15(2)19(12-14)22(27(5,24)25)13-20(23)21-16(3)17-8-10-18(26-4)11-9-17/h6-12,16H,13H2,1-5H3,(H,21,23)/t16-/m0/s1. The minimum absolute atomic E-state index is 0.261. The molecule has 2 aromatic carbocycles. The second-order valence-corrected chi connectivity index (χ2v) is 8.53. The number of carbonyl (C=O) groups excluding carboxylic acids is 1. The summed E-state index contributed by atoms with van der Waals surface area (Å²) >= 11 is 0. The van der Waals surface area contributed by atoms with Crippen molar-refractivity contribution in [3.8, 4) is 5.75 Å². The maximum atomic E-state index is 12.5. The van der Waals surface area contributed by atoms with Crippen molar-refractivity contribution in [2.75, 3.05) is 24.2 Å². The van der Waals surface area contributed by atoms with Gasteiger partial charge in [-0.3, -0.25) is 9.10 Å². The highest BCUT2D eigenvalue weighted by atomic mass is 32.2. The Morgan fingerprint density at radius 3 is 2.33 bits per heavy atom. The van der Waals surface area contributed by atoms with Gasteiger partial charge in [0.25, 0.3) is 0 Å². The van der Waals surface area contributed by atoms with Gasteiger partial charge in [-0.05, 0) is 55.7 Å². The number of nitrogens with one attached hydrogen (secondary N) is 1. The summed E-state index contributed by atoms with van der Waals surface area (Å²) in [7, 11) is -2.02. The molecule has 1 amide bonds. The molecule has 2 aromatic rings. The van der Waals surface area contributed by atoms with Crippen molar-refractivity contribution in [3.63, 3.8) is 0 Å². The van der Waals surface area contributed by atoms with Crippen molar-refractivity contribution in [1.29, 1.82) is 0 Å². The maximum Gasteiger partial charge on any atom is 0.241 e. The Bertz CT molecular complexity index is 908. The first-order valence-corrected chi connectivity index (χ1v) is 10.4. The zero-order valence-corrected chi connectivity index (χ0v) is 17.1. The molecule has 0 aliphatic rings. The largest absolute Gasteiger partial charge is 0.497 e. The zero-order valence-electron chi connectivity index (χ0n) is 16.3. The highest BCUT2D eigenvalue weighted by Crippen LogP contribution is 2.24. The van der Waals surface area contributed by atoms with E-state index in [-0.39, 0.29) is 18.5 Å². The average Bonchev–Trinajstić information content (AvgIpc) is 2.61. The number of ether oxygens (including phenoxy) is 1. The van der Waals surface area contributed by atoms with Gasteiger partial charge in [0.2, 0.25) is 15.9 Å². The minimum Gasteiger partial charge on any atom is -0.497 e. The molecule has 0 heterocycles. The van der Waals surface area contributed by atoms with Crippen LogP contribution < -0.4 is 14.4 Å². The van der Waals surface area contributed by atoms with E-state index < -0.39 is 10.0 Å². The fourth-order valence-electron chi connectivity index (χ4n) is 2.76. The number of amides is 1. The quantitative estimate of drug-likeness (QED) is 0.789. The van der Waals surface area contributed by atoms with Crippen LogP contribution in [0.25, 0.3) is 0 Å². The number of hydrogen-bond donors (Lipinski definition) is 1. The van der Waals surface area contributed by atoms with E-state index in [9.17, 15) is 13.2 Å². The third kappa shape index (κ3) is 5.47. The average molecular weight is 391 g/mol. The van der Waals surface area contributed by atoms with Gasteiger partial charge in [0, 0.05) is 0 Å². The predicted octanol–water partition coefficient (Wildman–Crippen LogP) is 2.96. The Balaban J connectivity index is 2.17. The van der Waals surface area contributed by atoms with Crippen molar-refractivity contribution in [2.45, 2.75) is 26.8 Å². The molecular weight excluding hydrogens is 364 g/mol. The van der Waals surface area contributed by atoms with Crippen molar-refractivity contribution < 1.29 is 17.9 Å². The van der Waals surface area contributed by atoms with E-state index in [1.54, 1.807) is 13.2 Å². The third-order valence-electron chi connectivity index (χ3n) is 4.31. The lowest BCUT2D eigenvalue weighted by Crippen LogP contribution is -2.41. The van der Waals surface area contributed by atoms with Gasteiger partial charge in [0.15, 0.2) is 0 Å². The van der Waals surface area contributed by atoms with Gasteiger partial charge in [-0.15, -0.1) is 0 Å². The van der Waals surface area contributed by atoms with Crippen LogP contribution in [0, 0.1) is 13.8 Å². The van der Waals surface area contributed by atoms with E-state index in [2.05, 4.69) is 5.32 Å². The number of nitrogens with zero attached hydrogens (tertiary/aromatic N) is 1. The molecule has 0 radical (unpaired) electrons. The van der Waals surface area contributed by atoms with E-state index in [0.717, 1.165) is 33.0 Å². The molecule has 146 valence electrons. The first-order chi connectivity index (χ1) is 12.6. The van der Waals surface area contributed by atoms with Crippen molar-refractivity contribution in [2.24, 2.45) is 0 Å². The number of rotatable bonds is 7. The smallest absolute Gasteiger partial charge is 0.241 e. The normalized spacial score (nSPS) is 12.3. The van der Waals surface area contributed by atoms with Crippen LogP contribution in [0.15, 0.2) is 42.5 Å². The molecule has 0 saturated heterocycles. The highest BCUT2D eigenvalue weighted by Gasteiger charge is 2.23. The van der Waals surface area contributed by atoms with Crippen LogP contribution in [-0.2, 0) is 14.8 Å². The monoisotopic (exact) mass is 390 g/mol. The summed E-state index contributed by atoms with van der Waals surface area (Å²) in [5, 5.41) is 2.85. The zero-order chi connectivity index (χ0) is 20.2. The van der Waals surface area contributed by atoms with E-state index in [1.807, 2.05) is 57.2 Å². The molecule has 0 saturated carbocycles. The molecule has 0 unspecified atom stereocenters. The van der Waals surface area contributed by atoms with E-state index in [1.165, 1.54) is 0 Å². The number of anilines is 1. The molecule has 2 rings (SSSR count). The van der Waals surface area contributed by atoms with Crippen LogP contribution in [0.2, 0.25) is 0 Å². The van der Waals surface area contributed by atoms with Gasteiger partial charge in [-0.1, -0.05) is 24.3 Å². The Labute approximate surface area is 161 Å². The third-order valence-corrected chi connectivity index (χ3v) is 5.44. The lowest BCUT2D eigenvalue weighted by atomic mass is 10.1. The Hall–Kier alpha value is -2.54. The van der Waals surface area contributed by atoms with Gasteiger partial charge in [0.05, 0.1) is 25.1 Å². The van der Waals surface area contributed by atoms with Gasteiger partial charge < -0.3 is 10.1 Å². The maximum absolute atomic E-state index is 12.5. The fraction of sp³-hybridized carbons (Fsp3) is 0.350. The number of carbonyl (C=O) groups is 1. The number of benzene rings is 2. The summed E-state index contributed by atoms with van der Waals surface area (Å²) in [5.74, 6) is 0.361. The van der Waals surface area contributed by atoms with Crippen molar-refractivity contribution in [3.05, 3.63) is 59.2 Å². The fourth-order valence-corrected chi connectivity index (χ4v) is 3.67. The summed E-state index contributed by atoms with van der Waals surface area (Å²) in [4.78, 5) is 12.5. The van der Waals surface area contributed by atoms with Gasteiger partial charge in [0.1, 0.15) is 12.3 Å². The summed E-state index contributed by atoms with van der Waals surface area (Å²) < 4.78 is 30.9. The molecule has 1 N–H and O–H groups in total. The Morgan fingerprint density at radius 2 is 1.78 bits per heavy atom. The molecule has 0 spiro atoms. The number of sulfonamides is 1. The van der Waals surface area contributed by atoms with Crippen molar-refractivity contribution >= 4 is 21.6 Å². The molecule has 7 heteroatoms. The topological polar surface area (TPSA) is 75.7 Å². The second-order valence-electron chi connectivity index (χ2n) is 6.62. The van der Waals surface area contributed by atoms with E-state index >= 15 is 0 Å². The summed E-state index contributed by atoms with van der Waals surface area (Å²) in [6.45, 7) is 5.28. The van der Waals surface area contributed by atoms with E-state index in [0.29, 0.717) is 5.69 Å². The van der Waals surface area contributed by atoms with Gasteiger partial charge in [-0.2, -0.15) is 0 Å². The Morgan fingerprint density at radius 1 is 1.15 bits per heavy atom. The van der Waals surface area contributed by atoms with Crippen LogP contribution >= 0.6 is 0 Å². The summed E-state index contributed by atoms with van der Waals surface area (Å²) in [6, 6.07) is 12.6. The minimum atomic E-state index is -3.61. The molecule has 6 nitrogen and oxygen atoms in total. The molecule has 0 aliphatic carbocycles. The number of aryl methyl sites for hydroxylation is 2. The lowest BCUT2D eigenvalue weighted by Gasteiger charge is -2.25. The number of hydrogen-bond acceptors (Lipinski definition) is 4. The molecule has 0 aromatic heterocycles. The molecule has 27 heavy (non-hydrogen) atoms. The first kappa shape index (κ1) is 20.8. The lowest BCUT2D eigenvalue weighted by molar-refractivity contribution is -0.120. The predicted molar refractivity (Wildman–Crippen MR) is 108 cm³/mol. The van der Waals surface area contributed by atoms with Gasteiger partial charge >= 0.3 is 0 Å². The number of methoxy groups -OCH3 is 1. The van der Waals surface area contributed by atoms with Gasteiger partial charge in [-0.25, -0.2) is 8.42 Å². The molecule has 0 aliphatic heterocycles.